The molecule has 1 unspecified atom stereocenters. The van der Waals surface area contributed by atoms with E-state index in [1.165, 1.54) is 24.8 Å². The Morgan fingerprint density at radius 2 is 2.00 bits per heavy atom. The van der Waals surface area contributed by atoms with Crippen molar-refractivity contribution in [3.8, 4) is 0 Å². The minimum absolute atomic E-state index is 0.464. The van der Waals surface area contributed by atoms with Gasteiger partial charge in [-0.15, -0.1) is 0 Å². The molecule has 0 heterocycles. The molecule has 3 rings (SSSR count). The molecule has 1 aromatic rings. The lowest BCUT2D eigenvalue weighted by Crippen LogP contribution is -2.01. The third-order valence-electron chi connectivity index (χ3n) is 4.04. The number of ketones is 1. The highest BCUT2D eigenvalue weighted by Crippen LogP contribution is 2.28. The Balaban J connectivity index is 1.73. The van der Waals surface area contributed by atoms with E-state index in [9.17, 15) is 4.79 Å². The van der Waals surface area contributed by atoms with Crippen molar-refractivity contribution in [3.05, 3.63) is 34.9 Å². The average molecular weight is 214 g/mol. The molecule has 16 heavy (non-hydrogen) atoms. The van der Waals surface area contributed by atoms with Crippen LogP contribution in [0.4, 0.5) is 0 Å². The molecule has 0 spiro atoms. The van der Waals surface area contributed by atoms with E-state index in [1.54, 1.807) is 11.1 Å². The fourth-order valence-corrected chi connectivity index (χ4v) is 3.15. The third-order valence-corrected chi connectivity index (χ3v) is 4.04. The second-order valence-electron chi connectivity index (χ2n) is 5.31. The summed E-state index contributed by atoms with van der Waals surface area (Å²) in [5.74, 6) is 1.08. The van der Waals surface area contributed by atoms with E-state index in [2.05, 4.69) is 18.2 Å². The number of Topliss-reactive ketones (excluding diaryl/α,β-unsaturated/α-hetero) is 1. The van der Waals surface area contributed by atoms with E-state index in [-0.39, 0.29) is 0 Å². The van der Waals surface area contributed by atoms with Crippen LogP contribution in [0.2, 0.25) is 0 Å². The SMILES string of the molecule is O=C1CCC(Cc2ccc3c(c2)CCC3)C1. The van der Waals surface area contributed by atoms with E-state index in [0.29, 0.717) is 11.7 Å². The van der Waals surface area contributed by atoms with Gasteiger partial charge in [0.2, 0.25) is 0 Å². The molecule has 0 N–H and O–H groups in total. The summed E-state index contributed by atoms with van der Waals surface area (Å²) in [5.41, 5.74) is 4.55. The Morgan fingerprint density at radius 1 is 1.12 bits per heavy atom. The lowest BCUT2D eigenvalue weighted by Gasteiger charge is -2.09. The number of rotatable bonds is 2. The Morgan fingerprint density at radius 3 is 2.81 bits per heavy atom. The first-order valence-electron chi connectivity index (χ1n) is 6.43. The molecular weight excluding hydrogens is 196 g/mol. The molecule has 0 aromatic heterocycles. The Kier molecular flexibility index (Phi) is 2.55. The van der Waals surface area contributed by atoms with Crippen LogP contribution in [0.5, 0.6) is 0 Å². The van der Waals surface area contributed by atoms with Crippen LogP contribution in [-0.4, -0.2) is 5.78 Å². The van der Waals surface area contributed by atoms with Gasteiger partial charge < -0.3 is 0 Å². The molecular formula is C15H18O. The fraction of sp³-hybridized carbons (Fsp3) is 0.533. The molecule has 1 saturated carbocycles. The van der Waals surface area contributed by atoms with Gasteiger partial charge in [0, 0.05) is 12.8 Å². The summed E-state index contributed by atoms with van der Waals surface area (Å²) < 4.78 is 0. The van der Waals surface area contributed by atoms with Crippen LogP contribution in [0.1, 0.15) is 42.4 Å². The van der Waals surface area contributed by atoms with Crippen LogP contribution in [0.3, 0.4) is 0 Å². The highest BCUT2D eigenvalue weighted by molar-refractivity contribution is 5.80. The molecule has 0 amide bonds. The number of aryl methyl sites for hydroxylation is 2. The molecule has 1 heteroatoms. The quantitative estimate of drug-likeness (QED) is 0.739. The number of hydrogen-bond acceptors (Lipinski definition) is 1. The summed E-state index contributed by atoms with van der Waals surface area (Å²) in [6.07, 6.45) is 7.69. The van der Waals surface area contributed by atoms with Crippen molar-refractivity contribution in [2.75, 3.05) is 0 Å². The molecule has 1 fully saturated rings. The zero-order valence-electron chi connectivity index (χ0n) is 9.67. The fourth-order valence-electron chi connectivity index (χ4n) is 3.15. The Labute approximate surface area is 96.9 Å². The Bertz CT molecular complexity index is 419. The number of carbonyl (C=O) groups is 1. The van der Waals surface area contributed by atoms with E-state index in [4.69, 9.17) is 0 Å². The molecule has 2 aliphatic carbocycles. The summed E-state index contributed by atoms with van der Waals surface area (Å²) in [6.45, 7) is 0. The molecule has 0 saturated heterocycles. The topological polar surface area (TPSA) is 17.1 Å². The van der Waals surface area contributed by atoms with Gasteiger partial charge in [0.25, 0.3) is 0 Å². The van der Waals surface area contributed by atoms with Crippen LogP contribution >= 0.6 is 0 Å². The van der Waals surface area contributed by atoms with E-state index >= 15 is 0 Å². The van der Waals surface area contributed by atoms with Gasteiger partial charge >= 0.3 is 0 Å². The third kappa shape index (κ3) is 1.91. The maximum Gasteiger partial charge on any atom is 0.133 e. The molecule has 84 valence electrons. The van der Waals surface area contributed by atoms with E-state index in [0.717, 1.165) is 25.7 Å². The minimum Gasteiger partial charge on any atom is -0.300 e. The minimum atomic E-state index is 0.464. The predicted molar refractivity (Wildman–Crippen MR) is 64.5 cm³/mol. The van der Waals surface area contributed by atoms with Crippen LogP contribution < -0.4 is 0 Å². The predicted octanol–water partition coefficient (Wildman–Crippen LogP) is 3.09. The molecule has 0 radical (unpaired) electrons. The van der Waals surface area contributed by atoms with Gasteiger partial charge in [-0.1, -0.05) is 18.2 Å². The number of benzene rings is 1. The number of fused-ring (bicyclic) bond motifs is 1. The first-order valence-corrected chi connectivity index (χ1v) is 6.43. The largest absolute Gasteiger partial charge is 0.300 e. The number of hydrogen-bond donors (Lipinski definition) is 0. The zero-order chi connectivity index (χ0) is 11.0. The Hall–Kier alpha value is -1.11. The van der Waals surface area contributed by atoms with E-state index < -0.39 is 0 Å². The first kappa shape index (κ1) is 10.1. The van der Waals surface area contributed by atoms with Crippen molar-refractivity contribution in [2.45, 2.75) is 44.9 Å². The zero-order valence-corrected chi connectivity index (χ0v) is 9.67. The van der Waals surface area contributed by atoms with Gasteiger partial charge in [-0.05, 0) is 54.7 Å². The second kappa shape index (κ2) is 4.04. The highest BCUT2D eigenvalue weighted by atomic mass is 16.1. The number of carbonyl (C=O) groups excluding carboxylic acids is 1. The van der Waals surface area contributed by atoms with Crippen LogP contribution in [0.25, 0.3) is 0 Å². The van der Waals surface area contributed by atoms with Gasteiger partial charge in [-0.2, -0.15) is 0 Å². The monoisotopic (exact) mass is 214 g/mol. The van der Waals surface area contributed by atoms with Crippen LogP contribution in [0, 0.1) is 5.92 Å². The summed E-state index contributed by atoms with van der Waals surface area (Å²) in [4.78, 5) is 11.2. The van der Waals surface area contributed by atoms with Crippen LogP contribution in [-0.2, 0) is 24.1 Å². The summed E-state index contributed by atoms with van der Waals surface area (Å²) in [7, 11) is 0. The molecule has 1 atom stereocenters. The van der Waals surface area contributed by atoms with Gasteiger partial charge in [-0.25, -0.2) is 0 Å². The first-order chi connectivity index (χ1) is 7.81. The van der Waals surface area contributed by atoms with Crippen molar-refractivity contribution in [1.29, 1.82) is 0 Å². The normalized spacial score (nSPS) is 23.8. The molecule has 2 aliphatic rings. The molecule has 0 aliphatic heterocycles. The van der Waals surface area contributed by atoms with Crippen LogP contribution in [0.15, 0.2) is 18.2 Å². The summed E-state index contributed by atoms with van der Waals surface area (Å²) in [6, 6.07) is 6.95. The lowest BCUT2D eigenvalue weighted by atomic mass is 9.95. The van der Waals surface area contributed by atoms with Crippen molar-refractivity contribution in [3.63, 3.8) is 0 Å². The maximum atomic E-state index is 11.2. The second-order valence-corrected chi connectivity index (χ2v) is 5.31. The van der Waals surface area contributed by atoms with Gasteiger partial charge in [0.15, 0.2) is 0 Å². The highest BCUT2D eigenvalue weighted by Gasteiger charge is 2.22. The summed E-state index contributed by atoms with van der Waals surface area (Å²) in [5, 5.41) is 0. The van der Waals surface area contributed by atoms with E-state index in [1.807, 2.05) is 0 Å². The smallest absolute Gasteiger partial charge is 0.133 e. The maximum absolute atomic E-state index is 11.2. The van der Waals surface area contributed by atoms with Gasteiger partial charge in [-0.3, -0.25) is 4.79 Å². The molecule has 0 bridgehead atoms. The average Bonchev–Trinajstić information content (AvgIpc) is 2.87. The van der Waals surface area contributed by atoms with Crippen molar-refractivity contribution >= 4 is 5.78 Å². The molecule has 1 nitrogen and oxygen atoms in total. The lowest BCUT2D eigenvalue weighted by molar-refractivity contribution is -0.117. The van der Waals surface area contributed by atoms with Gasteiger partial charge in [0.05, 0.1) is 0 Å². The van der Waals surface area contributed by atoms with Gasteiger partial charge in [0.1, 0.15) is 5.78 Å². The standard InChI is InChI=1S/C15H18O/c16-15-7-5-12(10-15)8-11-4-6-13-2-1-3-14(13)9-11/h4,6,9,12H,1-3,5,7-8,10H2. The molecule has 1 aromatic carbocycles. The van der Waals surface area contributed by atoms with Crippen molar-refractivity contribution < 1.29 is 4.79 Å². The van der Waals surface area contributed by atoms with Crippen molar-refractivity contribution in [2.24, 2.45) is 5.92 Å². The summed E-state index contributed by atoms with van der Waals surface area (Å²) >= 11 is 0. The van der Waals surface area contributed by atoms with Crippen molar-refractivity contribution in [1.82, 2.24) is 0 Å².